The Labute approximate surface area is 137 Å². The Morgan fingerprint density at radius 2 is 1.50 bits per heavy atom. The fraction of sp³-hybridized carbons (Fsp3) is 0.294. The summed E-state index contributed by atoms with van der Waals surface area (Å²) in [6, 6.07) is 16.4. The summed E-state index contributed by atoms with van der Waals surface area (Å²) in [7, 11) is 3.15. The van der Waals surface area contributed by atoms with E-state index in [1.807, 2.05) is 30.3 Å². The van der Waals surface area contributed by atoms with Crippen LogP contribution in [-0.4, -0.2) is 38.8 Å². The minimum Gasteiger partial charge on any atom is -0.329 e. The predicted octanol–water partition coefficient (Wildman–Crippen LogP) is 3.29. The van der Waals surface area contributed by atoms with E-state index in [4.69, 9.17) is 16.1 Å². The fourth-order valence-electron chi connectivity index (χ4n) is 2.00. The van der Waals surface area contributed by atoms with Crippen molar-refractivity contribution < 1.29 is 13.6 Å². The molecular weight excluding hydrogens is 317 g/mol. The molecule has 5 heteroatoms. The minimum atomic E-state index is -3.10. The van der Waals surface area contributed by atoms with Gasteiger partial charge in [-0.15, -0.1) is 0 Å². The molecule has 0 radical (unpaired) electrons. The molecule has 0 saturated heterocycles. The van der Waals surface area contributed by atoms with E-state index in [9.17, 15) is 4.57 Å². The zero-order chi connectivity index (χ0) is 16.2. The molecule has 3 nitrogen and oxygen atoms in total. The van der Waals surface area contributed by atoms with E-state index in [0.717, 1.165) is 11.0 Å². The maximum absolute atomic E-state index is 13.5. The highest BCUT2D eigenvalue weighted by Gasteiger charge is 2.29. The molecular formula is C17H22ClNO2P+. The summed E-state index contributed by atoms with van der Waals surface area (Å²) in [5.41, 5.74) is 0. The normalized spacial score (nSPS) is 14.5. The Kier molecular flexibility index (Phi) is 5.46. The lowest BCUT2D eigenvalue weighted by Gasteiger charge is -2.26. The van der Waals surface area contributed by atoms with Gasteiger partial charge in [0.1, 0.15) is 13.2 Å². The maximum atomic E-state index is 13.5. The number of hydrogen-bond donors (Lipinski definition) is 0. The highest BCUT2D eigenvalue weighted by Crippen LogP contribution is 2.44. The molecule has 1 atom stereocenters. The Balaban J connectivity index is 2.33. The van der Waals surface area contributed by atoms with E-state index in [0.29, 0.717) is 22.2 Å². The van der Waals surface area contributed by atoms with E-state index in [1.54, 1.807) is 24.3 Å². The van der Waals surface area contributed by atoms with Gasteiger partial charge in [-0.1, -0.05) is 29.8 Å². The van der Waals surface area contributed by atoms with Crippen LogP contribution in [-0.2, 0) is 9.09 Å². The summed E-state index contributed by atoms with van der Waals surface area (Å²) in [6.45, 7) is 1.21. The van der Waals surface area contributed by atoms with E-state index >= 15 is 0 Å². The van der Waals surface area contributed by atoms with Crippen LogP contribution in [0.25, 0.3) is 0 Å². The van der Waals surface area contributed by atoms with Crippen LogP contribution in [0.1, 0.15) is 0 Å². The number of halogens is 1. The molecule has 0 aliphatic heterocycles. The smallest absolute Gasteiger partial charge is 0.261 e. The van der Waals surface area contributed by atoms with Gasteiger partial charge in [-0.05, 0) is 36.4 Å². The lowest BCUT2D eigenvalue weighted by molar-refractivity contribution is -0.870. The molecule has 2 rings (SSSR count). The van der Waals surface area contributed by atoms with Gasteiger partial charge < -0.3 is 9.01 Å². The highest BCUT2D eigenvalue weighted by atomic mass is 35.5. The van der Waals surface area contributed by atoms with Crippen molar-refractivity contribution >= 4 is 29.6 Å². The van der Waals surface area contributed by atoms with Crippen molar-refractivity contribution in [3.05, 3.63) is 59.6 Å². The van der Waals surface area contributed by atoms with E-state index in [-0.39, 0.29) is 0 Å². The molecule has 0 aliphatic carbocycles. The van der Waals surface area contributed by atoms with E-state index in [2.05, 4.69) is 21.1 Å². The summed E-state index contributed by atoms with van der Waals surface area (Å²) in [5.74, 6) is 0. The van der Waals surface area contributed by atoms with Crippen molar-refractivity contribution in [1.82, 2.24) is 0 Å². The Morgan fingerprint density at radius 3 is 2.05 bits per heavy atom. The minimum absolute atomic E-state index is 0.429. The summed E-state index contributed by atoms with van der Waals surface area (Å²) < 4.78 is 20.2. The van der Waals surface area contributed by atoms with Crippen LogP contribution in [0.2, 0.25) is 5.02 Å². The number of rotatable bonds is 6. The Hall–Kier alpha value is -1.12. The number of nitrogens with zero attached hydrogens (tertiary/aromatic N) is 1. The Bertz CT molecular complexity index is 651. The molecule has 0 heterocycles. The molecule has 2 aromatic carbocycles. The molecule has 0 aliphatic rings. The zero-order valence-corrected chi connectivity index (χ0v) is 14.8. The van der Waals surface area contributed by atoms with Crippen LogP contribution in [0.5, 0.6) is 0 Å². The van der Waals surface area contributed by atoms with Crippen LogP contribution in [0, 0.1) is 0 Å². The van der Waals surface area contributed by atoms with Crippen LogP contribution >= 0.6 is 19.0 Å². The summed E-state index contributed by atoms with van der Waals surface area (Å²) in [4.78, 5) is 0. The number of likely N-dealkylation sites (N-methyl/N-ethyl adjacent to an activating group) is 1. The van der Waals surface area contributed by atoms with Crippen LogP contribution in [0.15, 0.2) is 54.6 Å². The van der Waals surface area contributed by atoms with Crippen molar-refractivity contribution in [1.29, 1.82) is 0 Å². The van der Waals surface area contributed by atoms with Crippen molar-refractivity contribution in [3.63, 3.8) is 0 Å². The van der Waals surface area contributed by atoms with Gasteiger partial charge in [0.15, 0.2) is 0 Å². The number of quaternary nitrogens is 1. The van der Waals surface area contributed by atoms with Gasteiger partial charge in [0, 0.05) is 15.6 Å². The second-order valence-electron chi connectivity index (χ2n) is 6.21. The first-order valence-corrected chi connectivity index (χ1v) is 9.18. The van der Waals surface area contributed by atoms with Crippen LogP contribution in [0.3, 0.4) is 0 Å². The van der Waals surface area contributed by atoms with Gasteiger partial charge in [0.05, 0.1) is 21.1 Å². The third kappa shape index (κ3) is 4.44. The second-order valence-corrected chi connectivity index (χ2v) is 9.04. The summed E-state index contributed by atoms with van der Waals surface area (Å²) in [5, 5.41) is 2.00. The third-order valence-corrected chi connectivity index (χ3v) is 6.05. The lowest BCUT2D eigenvalue weighted by Crippen LogP contribution is -2.37. The zero-order valence-electron chi connectivity index (χ0n) is 13.2. The molecule has 0 fully saturated rings. The molecule has 1 unspecified atom stereocenters. The first kappa shape index (κ1) is 17.2. The van der Waals surface area contributed by atoms with Gasteiger partial charge in [0.25, 0.3) is 7.37 Å². The quantitative estimate of drug-likeness (QED) is 0.597. The molecule has 0 bridgehead atoms. The van der Waals surface area contributed by atoms with Gasteiger partial charge in [-0.3, -0.25) is 4.57 Å². The SMILES string of the molecule is C[N+](C)(C)CCOP(=O)(c1ccccc1)c1ccc(Cl)cc1. The molecule has 0 aromatic heterocycles. The van der Waals surface area contributed by atoms with Crippen molar-refractivity contribution in [2.24, 2.45) is 0 Å². The number of benzene rings is 2. The first-order chi connectivity index (χ1) is 10.3. The average molecular weight is 339 g/mol. The second kappa shape index (κ2) is 6.97. The third-order valence-electron chi connectivity index (χ3n) is 3.30. The van der Waals surface area contributed by atoms with Gasteiger partial charge in [0.2, 0.25) is 0 Å². The molecule has 0 amide bonds. The summed E-state index contributed by atoms with van der Waals surface area (Å²) in [6.07, 6.45) is 0. The van der Waals surface area contributed by atoms with Gasteiger partial charge in [-0.2, -0.15) is 0 Å². The van der Waals surface area contributed by atoms with Crippen molar-refractivity contribution in [2.45, 2.75) is 0 Å². The monoisotopic (exact) mass is 338 g/mol. The van der Waals surface area contributed by atoms with Crippen molar-refractivity contribution in [2.75, 3.05) is 34.3 Å². The Morgan fingerprint density at radius 1 is 0.955 bits per heavy atom. The lowest BCUT2D eigenvalue weighted by atomic mass is 10.4. The van der Waals surface area contributed by atoms with Crippen LogP contribution < -0.4 is 10.6 Å². The van der Waals surface area contributed by atoms with E-state index in [1.165, 1.54) is 0 Å². The molecule has 22 heavy (non-hydrogen) atoms. The topological polar surface area (TPSA) is 26.3 Å². The van der Waals surface area contributed by atoms with Gasteiger partial charge in [-0.25, -0.2) is 0 Å². The molecule has 118 valence electrons. The summed E-state index contributed by atoms with van der Waals surface area (Å²) >= 11 is 5.94. The molecule has 0 saturated carbocycles. The average Bonchev–Trinajstić information content (AvgIpc) is 2.47. The number of hydrogen-bond acceptors (Lipinski definition) is 2. The molecule has 0 spiro atoms. The van der Waals surface area contributed by atoms with Crippen molar-refractivity contribution in [3.8, 4) is 0 Å². The first-order valence-electron chi connectivity index (χ1n) is 7.18. The highest BCUT2D eigenvalue weighted by molar-refractivity contribution is 7.74. The van der Waals surface area contributed by atoms with Gasteiger partial charge >= 0.3 is 0 Å². The van der Waals surface area contributed by atoms with Crippen LogP contribution in [0.4, 0.5) is 0 Å². The van der Waals surface area contributed by atoms with E-state index < -0.39 is 7.37 Å². The molecule has 0 N–H and O–H groups in total. The maximum Gasteiger partial charge on any atom is 0.261 e. The standard InChI is InChI=1S/C17H22ClNO2P/c1-19(2,3)13-14-21-22(20,16-7-5-4-6-8-16)17-11-9-15(18)10-12-17/h4-12H,13-14H2,1-3H3/q+1. The fourth-order valence-corrected chi connectivity index (χ4v) is 4.17. The predicted molar refractivity (Wildman–Crippen MR) is 93.6 cm³/mol. The molecule has 2 aromatic rings. The largest absolute Gasteiger partial charge is 0.329 e.